The zero-order valence-corrected chi connectivity index (χ0v) is 7.63. The lowest BCUT2D eigenvalue weighted by Crippen LogP contribution is -2.26. The van der Waals surface area contributed by atoms with E-state index in [0.717, 1.165) is 19.0 Å². The highest BCUT2D eigenvalue weighted by Crippen LogP contribution is 2.35. The van der Waals surface area contributed by atoms with E-state index in [0.29, 0.717) is 0 Å². The van der Waals surface area contributed by atoms with E-state index in [1.165, 1.54) is 32.2 Å². The molecule has 2 heteroatoms. The Balaban J connectivity index is 2.04. The molecule has 0 bridgehead atoms. The number of allylic oxidation sites excluding steroid dienone is 2. The van der Waals surface area contributed by atoms with E-state index in [4.69, 9.17) is 5.73 Å². The van der Waals surface area contributed by atoms with Crippen molar-refractivity contribution < 1.29 is 0 Å². The Labute approximate surface area is 74.4 Å². The number of fused-ring (bicyclic) bond motifs is 1. The lowest BCUT2D eigenvalue weighted by Gasteiger charge is -2.24. The van der Waals surface area contributed by atoms with Crippen molar-refractivity contribution in [2.24, 2.45) is 11.7 Å². The van der Waals surface area contributed by atoms with Crippen LogP contribution in [0, 0.1) is 5.92 Å². The molecule has 0 aromatic rings. The summed E-state index contributed by atoms with van der Waals surface area (Å²) in [6, 6.07) is 0. The van der Waals surface area contributed by atoms with Crippen molar-refractivity contribution in [3.63, 3.8) is 0 Å². The lowest BCUT2D eigenvalue weighted by atomic mass is 9.93. The Morgan fingerprint density at radius 3 is 3.25 bits per heavy atom. The molecule has 1 saturated heterocycles. The van der Waals surface area contributed by atoms with Crippen LogP contribution in [-0.2, 0) is 0 Å². The second kappa shape index (κ2) is 3.48. The minimum Gasteiger partial charge on any atom is -0.374 e. The van der Waals surface area contributed by atoms with Crippen LogP contribution in [-0.4, -0.2) is 24.5 Å². The van der Waals surface area contributed by atoms with Crippen molar-refractivity contribution in [2.45, 2.75) is 25.7 Å². The molecule has 1 fully saturated rings. The topological polar surface area (TPSA) is 29.3 Å². The van der Waals surface area contributed by atoms with Crippen LogP contribution in [0.15, 0.2) is 11.8 Å². The summed E-state index contributed by atoms with van der Waals surface area (Å²) in [6.45, 7) is 3.10. The second-order valence-electron chi connectivity index (χ2n) is 3.82. The minimum absolute atomic E-state index is 0.796. The van der Waals surface area contributed by atoms with Crippen molar-refractivity contribution in [3.05, 3.63) is 11.8 Å². The summed E-state index contributed by atoms with van der Waals surface area (Å²) in [5.41, 5.74) is 7.16. The van der Waals surface area contributed by atoms with Crippen LogP contribution in [0.1, 0.15) is 25.7 Å². The zero-order chi connectivity index (χ0) is 8.39. The van der Waals surface area contributed by atoms with Crippen LogP contribution >= 0.6 is 0 Å². The van der Waals surface area contributed by atoms with Gasteiger partial charge in [-0.15, -0.1) is 0 Å². The first-order chi connectivity index (χ1) is 5.92. The van der Waals surface area contributed by atoms with Crippen molar-refractivity contribution in [3.8, 4) is 0 Å². The largest absolute Gasteiger partial charge is 0.374 e. The van der Waals surface area contributed by atoms with Crippen LogP contribution in [0.2, 0.25) is 0 Å². The number of nitrogens with zero attached hydrogens (tertiary/aromatic N) is 1. The van der Waals surface area contributed by atoms with Gasteiger partial charge in [-0.3, -0.25) is 0 Å². The van der Waals surface area contributed by atoms with E-state index in [-0.39, 0.29) is 0 Å². The van der Waals surface area contributed by atoms with E-state index in [1.807, 2.05) is 0 Å². The Morgan fingerprint density at radius 1 is 1.50 bits per heavy atom. The second-order valence-corrected chi connectivity index (χ2v) is 3.82. The molecular formula is C10H18N2. The van der Waals surface area contributed by atoms with E-state index in [1.54, 1.807) is 5.70 Å². The van der Waals surface area contributed by atoms with Gasteiger partial charge in [-0.1, -0.05) is 6.08 Å². The summed E-state index contributed by atoms with van der Waals surface area (Å²) in [7, 11) is 0. The first-order valence-corrected chi connectivity index (χ1v) is 5.07. The number of hydrogen-bond donors (Lipinski definition) is 1. The van der Waals surface area contributed by atoms with Gasteiger partial charge in [0.25, 0.3) is 0 Å². The van der Waals surface area contributed by atoms with Gasteiger partial charge in [-0.25, -0.2) is 0 Å². The monoisotopic (exact) mass is 166 g/mol. The highest BCUT2D eigenvalue weighted by Gasteiger charge is 2.28. The molecule has 1 atom stereocenters. The molecule has 1 heterocycles. The van der Waals surface area contributed by atoms with Crippen LogP contribution in [0.3, 0.4) is 0 Å². The highest BCUT2D eigenvalue weighted by atomic mass is 15.2. The highest BCUT2D eigenvalue weighted by molar-refractivity contribution is 5.13. The number of rotatable bonds is 2. The van der Waals surface area contributed by atoms with Crippen LogP contribution in [0.4, 0.5) is 0 Å². The Hall–Kier alpha value is -0.500. The maximum Gasteiger partial charge on any atom is 0.0298 e. The smallest absolute Gasteiger partial charge is 0.0298 e. The molecule has 2 rings (SSSR count). The predicted molar refractivity (Wildman–Crippen MR) is 50.7 cm³/mol. The normalized spacial score (nSPS) is 28.6. The van der Waals surface area contributed by atoms with Gasteiger partial charge >= 0.3 is 0 Å². The molecule has 2 N–H and O–H groups in total. The van der Waals surface area contributed by atoms with E-state index < -0.39 is 0 Å². The molecule has 2 aliphatic rings. The molecule has 0 aromatic carbocycles. The fourth-order valence-electron chi connectivity index (χ4n) is 2.45. The maximum absolute atomic E-state index is 5.56. The molecule has 2 nitrogen and oxygen atoms in total. The van der Waals surface area contributed by atoms with Gasteiger partial charge in [0.1, 0.15) is 0 Å². The Kier molecular flexibility index (Phi) is 2.35. The number of nitrogens with two attached hydrogens (primary N) is 1. The van der Waals surface area contributed by atoms with Gasteiger partial charge < -0.3 is 10.6 Å². The van der Waals surface area contributed by atoms with Crippen molar-refractivity contribution >= 4 is 0 Å². The summed E-state index contributed by atoms with van der Waals surface area (Å²) in [6.07, 6.45) is 7.88. The van der Waals surface area contributed by atoms with Crippen molar-refractivity contribution in [1.82, 2.24) is 4.90 Å². The fourth-order valence-corrected chi connectivity index (χ4v) is 2.45. The molecule has 68 valence electrons. The van der Waals surface area contributed by atoms with Crippen LogP contribution < -0.4 is 5.73 Å². The molecule has 1 aliphatic heterocycles. The average Bonchev–Trinajstić information content (AvgIpc) is 2.50. The van der Waals surface area contributed by atoms with E-state index in [9.17, 15) is 0 Å². The van der Waals surface area contributed by atoms with Gasteiger partial charge in [-0.05, 0) is 25.7 Å². The Bertz CT molecular complexity index is 186. The first kappa shape index (κ1) is 8.11. The summed E-state index contributed by atoms with van der Waals surface area (Å²) in [4.78, 5) is 2.48. The van der Waals surface area contributed by atoms with Gasteiger partial charge in [0.05, 0.1) is 0 Å². The zero-order valence-electron chi connectivity index (χ0n) is 7.63. The molecular weight excluding hydrogens is 148 g/mol. The van der Waals surface area contributed by atoms with Crippen molar-refractivity contribution in [1.29, 1.82) is 0 Å². The summed E-state index contributed by atoms with van der Waals surface area (Å²) in [5.74, 6) is 0.880. The quantitative estimate of drug-likeness (QED) is 0.670. The fraction of sp³-hybridized carbons (Fsp3) is 0.800. The third-order valence-electron chi connectivity index (χ3n) is 3.04. The van der Waals surface area contributed by atoms with Gasteiger partial charge in [-0.2, -0.15) is 0 Å². The molecule has 0 saturated carbocycles. The Morgan fingerprint density at radius 2 is 2.42 bits per heavy atom. The van der Waals surface area contributed by atoms with Gasteiger partial charge in [0, 0.05) is 31.2 Å². The predicted octanol–water partition coefficient (Wildman–Crippen LogP) is 1.33. The third-order valence-corrected chi connectivity index (χ3v) is 3.04. The standard InChI is InChI=1S/C10H18N2/c11-6-8-12-7-5-9-3-1-2-4-10(9)12/h4,9H,1-3,5-8,11H2. The molecule has 0 spiro atoms. The minimum atomic E-state index is 0.796. The van der Waals surface area contributed by atoms with E-state index >= 15 is 0 Å². The third kappa shape index (κ3) is 1.36. The average molecular weight is 166 g/mol. The van der Waals surface area contributed by atoms with Crippen LogP contribution in [0.5, 0.6) is 0 Å². The molecule has 1 aliphatic carbocycles. The molecule has 0 radical (unpaired) electrons. The van der Waals surface area contributed by atoms with E-state index in [2.05, 4.69) is 11.0 Å². The lowest BCUT2D eigenvalue weighted by molar-refractivity contribution is 0.389. The summed E-state index contributed by atoms with van der Waals surface area (Å²) in [5, 5.41) is 0. The SMILES string of the molecule is NCCN1CCC2CCCC=C21. The van der Waals surface area contributed by atoms with Crippen molar-refractivity contribution in [2.75, 3.05) is 19.6 Å². The number of likely N-dealkylation sites (tertiary alicyclic amines) is 1. The first-order valence-electron chi connectivity index (χ1n) is 5.07. The maximum atomic E-state index is 5.56. The van der Waals surface area contributed by atoms with Gasteiger partial charge in [0.15, 0.2) is 0 Å². The molecule has 12 heavy (non-hydrogen) atoms. The summed E-state index contributed by atoms with van der Waals surface area (Å²) >= 11 is 0. The molecule has 0 aromatic heterocycles. The number of hydrogen-bond acceptors (Lipinski definition) is 2. The molecule has 1 unspecified atom stereocenters. The van der Waals surface area contributed by atoms with Crippen LogP contribution in [0.25, 0.3) is 0 Å². The molecule has 0 amide bonds. The summed E-state index contributed by atoms with van der Waals surface area (Å²) < 4.78 is 0. The van der Waals surface area contributed by atoms with Gasteiger partial charge in [0.2, 0.25) is 0 Å².